The van der Waals surface area contributed by atoms with Gasteiger partial charge in [0.25, 0.3) is 10.1 Å². The first-order valence-electron chi connectivity index (χ1n) is 18.0. The molecule has 7 heteroatoms. The van der Waals surface area contributed by atoms with E-state index in [1.807, 2.05) is 0 Å². The number of allylic oxidation sites excluding steroid dienone is 6. The lowest BCUT2D eigenvalue weighted by Gasteiger charge is -2.27. The predicted molar refractivity (Wildman–Crippen MR) is 209 cm³/mol. The Labute approximate surface area is 297 Å². The van der Waals surface area contributed by atoms with E-state index < -0.39 is 10.1 Å². The van der Waals surface area contributed by atoms with Gasteiger partial charge >= 0.3 is 0 Å². The van der Waals surface area contributed by atoms with Crippen LogP contribution in [0.25, 0.3) is 21.5 Å². The van der Waals surface area contributed by atoms with Gasteiger partial charge in [-0.1, -0.05) is 93.1 Å². The molecule has 4 aromatic carbocycles. The lowest BCUT2D eigenvalue weighted by molar-refractivity contribution is -0.438. The molecule has 0 atom stereocenters. The van der Waals surface area contributed by atoms with Crippen molar-refractivity contribution < 1.29 is 22.7 Å². The van der Waals surface area contributed by atoms with E-state index in [0.29, 0.717) is 19.4 Å². The molecule has 0 radical (unpaired) electrons. The molecule has 6 nitrogen and oxygen atoms in total. The zero-order chi connectivity index (χ0) is 35.5. The summed E-state index contributed by atoms with van der Waals surface area (Å²) < 4.78 is 34.6. The highest BCUT2D eigenvalue weighted by molar-refractivity contribution is 7.85. The van der Waals surface area contributed by atoms with E-state index in [2.05, 4.69) is 140 Å². The summed E-state index contributed by atoms with van der Waals surface area (Å²) in [6.45, 7) is 11.0. The van der Waals surface area contributed by atoms with Crippen molar-refractivity contribution in [2.75, 3.05) is 30.3 Å². The molecular formula is C43H51N2O4S+. The molecule has 0 aliphatic carbocycles. The molecular weight excluding hydrogens is 641 g/mol. The molecule has 2 N–H and O–H groups in total. The van der Waals surface area contributed by atoms with Crippen LogP contribution in [0, 0.1) is 0 Å². The number of fused-ring (bicyclic) bond motifs is 6. The second kappa shape index (κ2) is 14.7. The summed E-state index contributed by atoms with van der Waals surface area (Å²) in [4.78, 5) is 2.33. The Bertz CT molecular complexity index is 2120. The van der Waals surface area contributed by atoms with Gasteiger partial charge in [-0.15, -0.1) is 0 Å². The Kier molecular flexibility index (Phi) is 10.5. The summed E-state index contributed by atoms with van der Waals surface area (Å²) in [5.41, 5.74) is 7.08. The first-order valence-corrected chi connectivity index (χ1v) is 19.6. The molecule has 0 saturated carbocycles. The van der Waals surface area contributed by atoms with Crippen molar-refractivity contribution in [3.63, 3.8) is 0 Å². The predicted octanol–water partition coefficient (Wildman–Crippen LogP) is 9.38. The van der Waals surface area contributed by atoms with Crippen LogP contribution in [-0.4, -0.2) is 53.8 Å². The minimum Gasteiger partial charge on any atom is -0.396 e. The minimum absolute atomic E-state index is 0.181. The molecule has 0 spiro atoms. The van der Waals surface area contributed by atoms with E-state index in [1.54, 1.807) is 0 Å². The number of aliphatic hydroxyl groups excluding tert-OH is 1. The molecule has 262 valence electrons. The van der Waals surface area contributed by atoms with Gasteiger partial charge < -0.3 is 10.0 Å². The first kappa shape index (κ1) is 35.8. The van der Waals surface area contributed by atoms with Crippen molar-refractivity contribution in [2.45, 2.75) is 77.0 Å². The number of rotatable bonds is 14. The van der Waals surface area contributed by atoms with E-state index in [1.165, 1.54) is 44.1 Å². The zero-order valence-electron chi connectivity index (χ0n) is 29.9. The minimum atomic E-state index is -3.99. The van der Waals surface area contributed by atoms with Crippen LogP contribution in [0.4, 0.5) is 11.4 Å². The monoisotopic (exact) mass is 691 g/mol. The van der Waals surface area contributed by atoms with E-state index in [9.17, 15) is 18.1 Å². The SMILES string of the molecule is CC1(C)C(/C=C/C=C/C=C2\N(CCCCS(=O)(=O)O)c3ccc4ccccc4c3C2(C)C)=[N+](CCCCCCO)c2ccc3ccccc3c21. The third-order valence-electron chi connectivity index (χ3n) is 10.6. The van der Waals surface area contributed by atoms with Gasteiger partial charge in [0.15, 0.2) is 5.71 Å². The van der Waals surface area contributed by atoms with Gasteiger partial charge in [0.05, 0.1) is 11.2 Å². The molecule has 6 rings (SSSR count). The van der Waals surface area contributed by atoms with Crippen LogP contribution in [-0.2, 0) is 20.9 Å². The van der Waals surface area contributed by atoms with Crippen molar-refractivity contribution in [2.24, 2.45) is 0 Å². The summed E-state index contributed by atoms with van der Waals surface area (Å²) in [6.07, 6.45) is 15.9. The third kappa shape index (κ3) is 7.09. The Morgan fingerprint density at radius 2 is 1.38 bits per heavy atom. The molecule has 0 saturated heterocycles. The lowest BCUT2D eigenvalue weighted by Crippen LogP contribution is -2.28. The van der Waals surface area contributed by atoms with Crippen LogP contribution >= 0.6 is 0 Å². The van der Waals surface area contributed by atoms with Crippen LogP contribution in [0.1, 0.15) is 77.3 Å². The highest BCUT2D eigenvalue weighted by Crippen LogP contribution is 2.51. The molecule has 0 aromatic heterocycles. The van der Waals surface area contributed by atoms with Crippen LogP contribution in [0.3, 0.4) is 0 Å². The lowest BCUT2D eigenvalue weighted by atomic mass is 9.79. The van der Waals surface area contributed by atoms with Gasteiger partial charge in [0.2, 0.25) is 5.69 Å². The molecule has 50 heavy (non-hydrogen) atoms. The standard InChI is InChI=1S/C43H50N2O4S/c1-42(2)38(44(28-14-5-6-16-30-46)36-26-24-32-18-10-12-20-34(32)40(36)42)22-8-7-9-23-39-43(3,4)41-35-21-13-11-19-33(35)25-27-37(41)45(39)29-15-17-31-50(47,48)49/h7-13,18-27,46H,5-6,14-17,28-31H2,1-4H3/p+1. The molecule has 2 aliphatic rings. The summed E-state index contributed by atoms with van der Waals surface area (Å²) in [5, 5.41) is 14.3. The quantitative estimate of drug-likeness (QED) is 0.0596. The van der Waals surface area contributed by atoms with Crippen LogP contribution in [0.15, 0.2) is 109 Å². The number of hydrogen-bond donors (Lipinski definition) is 2. The van der Waals surface area contributed by atoms with Gasteiger partial charge in [-0.2, -0.15) is 13.0 Å². The van der Waals surface area contributed by atoms with Gasteiger partial charge in [-0.25, -0.2) is 0 Å². The number of unbranched alkanes of at least 4 members (excludes halogenated alkanes) is 4. The number of hydrogen-bond acceptors (Lipinski definition) is 4. The van der Waals surface area contributed by atoms with Crippen molar-refractivity contribution in [3.8, 4) is 0 Å². The molecule has 0 amide bonds. The second-order valence-electron chi connectivity index (χ2n) is 14.7. The van der Waals surface area contributed by atoms with Crippen molar-refractivity contribution >= 4 is 48.7 Å². The average Bonchev–Trinajstić information content (AvgIpc) is 3.44. The summed E-state index contributed by atoms with van der Waals surface area (Å²) in [6, 6.07) is 26.0. The number of anilines is 1. The van der Waals surface area contributed by atoms with Gasteiger partial charge in [-0.05, 0) is 84.8 Å². The third-order valence-corrected chi connectivity index (χ3v) is 11.4. The first-order chi connectivity index (χ1) is 23.9. The number of benzene rings is 4. The molecule has 0 bridgehead atoms. The van der Waals surface area contributed by atoms with Crippen LogP contribution in [0.5, 0.6) is 0 Å². The van der Waals surface area contributed by atoms with E-state index in [0.717, 1.165) is 43.6 Å². The topological polar surface area (TPSA) is 80.8 Å². The van der Waals surface area contributed by atoms with Crippen molar-refractivity contribution in [1.29, 1.82) is 0 Å². The maximum absolute atomic E-state index is 11.4. The smallest absolute Gasteiger partial charge is 0.264 e. The Morgan fingerprint density at radius 3 is 2.08 bits per heavy atom. The maximum atomic E-state index is 11.4. The Balaban J connectivity index is 1.31. The van der Waals surface area contributed by atoms with E-state index in [-0.39, 0.29) is 23.2 Å². The maximum Gasteiger partial charge on any atom is 0.264 e. The zero-order valence-corrected chi connectivity index (χ0v) is 30.7. The summed E-state index contributed by atoms with van der Waals surface area (Å²) in [5.74, 6) is -0.229. The van der Waals surface area contributed by atoms with Crippen molar-refractivity contribution in [1.82, 2.24) is 0 Å². The normalized spacial score (nSPS) is 17.6. The molecule has 0 unspecified atom stereocenters. The molecule has 0 fully saturated rings. The van der Waals surface area contributed by atoms with Crippen LogP contribution < -0.4 is 4.90 Å². The van der Waals surface area contributed by atoms with Crippen LogP contribution in [0.2, 0.25) is 0 Å². The number of aliphatic hydroxyl groups is 1. The fraction of sp³-hybridized carbons (Fsp3) is 0.372. The van der Waals surface area contributed by atoms with Gasteiger partial charge in [-0.3, -0.25) is 4.55 Å². The van der Waals surface area contributed by atoms with Crippen molar-refractivity contribution in [3.05, 3.63) is 120 Å². The van der Waals surface area contributed by atoms with Gasteiger partial charge in [0, 0.05) is 54.1 Å². The second-order valence-corrected chi connectivity index (χ2v) is 16.3. The van der Waals surface area contributed by atoms with Gasteiger partial charge in [0.1, 0.15) is 6.54 Å². The average molecular weight is 692 g/mol. The summed E-state index contributed by atoms with van der Waals surface area (Å²) >= 11 is 0. The molecule has 2 heterocycles. The summed E-state index contributed by atoms with van der Waals surface area (Å²) in [7, 11) is -3.99. The largest absolute Gasteiger partial charge is 0.396 e. The number of nitrogens with zero attached hydrogens (tertiary/aromatic N) is 2. The highest BCUT2D eigenvalue weighted by atomic mass is 32.2. The fourth-order valence-corrected chi connectivity index (χ4v) is 8.77. The fourth-order valence-electron chi connectivity index (χ4n) is 8.20. The highest BCUT2D eigenvalue weighted by Gasteiger charge is 2.45. The molecule has 2 aliphatic heterocycles. The van der Waals surface area contributed by atoms with E-state index in [4.69, 9.17) is 0 Å². The molecule has 4 aromatic rings. The Morgan fingerprint density at radius 1 is 0.720 bits per heavy atom. The Hall–Kier alpha value is -4.04. The van der Waals surface area contributed by atoms with E-state index >= 15 is 0 Å².